The van der Waals surface area contributed by atoms with Gasteiger partial charge in [-0.05, 0) is 45.0 Å². The molecule has 1 atom stereocenters. The van der Waals surface area contributed by atoms with Crippen LogP contribution in [0.4, 0.5) is 5.82 Å². The molecule has 0 fully saturated rings. The Hall–Kier alpha value is -3.32. The average Bonchev–Trinajstić information content (AvgIpc) is 3.14. The summed E-state index contributed by atoms with van der Waals surface area (Å²) in [5.74, 6) is 1.22. The van der Waals surface area contributed by atoms with Gasteiger partial charge in [0, 0.05) is 35.8 Å². The molecular formula is C23H24ClN5O2. The molecular weight excluding hydrogens is 414 g/mol. The maximum Gasteiger partial charge on any atom is 0.253 e. The molecule has 0 bridgehead atoms. The number of anilines is 1. The highest BCUT2D eigenvalue weighted by atomic mass is 35.5. The zero-order valence-corrected chi connectivity index (χ0v) is 18.6. The molecule has 0 aliphatic carbocycles. The van der Waals surface area contributed by atoms with Crippen molar-refractivity contribution in [2.45, 2.75) is 32.9 Å². The summed E-state index contributed by atoms with van der Waals surface area (Å²) in [4.78, 5) is 24.3. The summed E-state index contributed by atoms with van der Waals surface area (Å²) < 4.78 is 7.66. The van der Waals surface area contributed by atoms with Crippen molar-refractivity contribution in [2.75, 3.05) is 5.32 Å². The van der Waals surface area contributed by atoms with E-state index in [0.29, 0.717) is 27.7 Å². The van der Waals surface area contributed by atoms with Gasteiger partial charge < -0.3 is 19.6 Å². The van der Waals surface area contributed by atoms with Crippen molar-refractivity contribution in [1.82, 2.24) is 19.5 Å². The molecule has 0 aliphatic rings. The predicted octanol–water partition coefficient (Wildman–Crippen LogP) is 4.94. The van der Waals surface area contributed by atoms with Crippen LogP contribution >= 0.6 is 11.6 Å². The van der Waals surface area contributed by atoms with Crippen LogP contribution in [0.1, 0.15) is 32.4 Å². The van der Waals surface area contributed by atoms with E-state index in [-0.39, 0.29) is 17.7 Å². The van der Waals surface area contributed by atoms with Crippen molar-refractivity contribution < 1.29 is 4.74 Å². The Morgan fingerprint density at radius 2 is 2.00 bits per heavy atom. The van der Waals surface area contributed by atoms with Crippen LogP contribution < -0.4 is 15.6 Å². The van der Waals surface area contributed by atoms with Crippen LogP contribution in [0.3, 0.4) is 0 Å². The molecule has 2 N–H and O–H groups in total. The van der Waals surface area contributed by atoms with Crippen LogP contribution in [-0.2, 0) is 7.05 Å². The van der Waals surface area contributed by atoms with E-state index in [9.17, 15) is 4.79 Å². The fourth-order valence-corrected chi connectivity index (χ4v) is 3.71. The molecule has 0 amide bonds. The number of halogens is 1. The second-order valence-electron chi connectivity index (χ2n) is 7.78. The van der Waals surface area contributed by atoms with Gasteiger partial charge in [0.2, 0.25) is 0 Å². The Morgan fingerprint density at radius 3 is 2.71 bits per heavy atom. The third-order valence-corrected chi connectivity index (χ3v) is 5.29. The Labute approximate surface area is 185 Å². The van der Waals surface area contributed by atoms with E-state index >= 15 is 0 Å². The quantitative estimate of drug-likeness (QED) is 0.446. The lowest BCUT2D eigenvalue weighted by Crippen LogP contribution is -2.20. The van der Waals surface area contributed by atoms with Gasteiger partial charge in [-0.2, -0.15) is 0 Å². The lowest BCUT2D eigenvalue weighted by atomic mass is 10.1. The second kappa shape index (κ2) is 8.43. The lowest BCUT2D eigenvalue weighted by molar-refractivity contribution is 0.243. The number of H-pyrrole nitrogens is 1. The van der Waals surface area contributed by atoms with Gasteiger partial charge in [0.05, 0.1) is 40.9 Å². The first kappa shape index (κ1) is 20.9. The normalized spacial score (nSPS) is 12.3. The van der Waals surface area contributed by atoms with E-state index in [0.717, 1.165) is 16.6 Å². The van der Waals surface area contributed by atoms with Gasteiger partial charge in [-0.25, -0.2) is 9.97 Å². The number of imidazole rings is 1. The number of nitrogens with one attached hydrogen (secondary N) is 2. The molecule has 7 nitrogen and oxygen atoms in total. The largest absolute Gasteiger partial charge is 0.489 e. The fourth-order valence-electron chi connectivity index (χ4n) is 3.49. The van der Waals surface area contributed by atoms with E-state index in [1.54, 1.807) is 24.8 Å². The number of rotatable bonds is 6. The summed E-state index contributed by atoms with van der Waals surface area (Å²) in [5.41, 5.74) is 3.07. The van der Waals surface area contributed by atoms with Gasteiger partial charge in [0.1, 0.15) is 11.6 Å². The standard InChI is InChI=1S/C23H24ClN5O2/c1-13(2)31-21-10-19-16(8-18(21)24)7-17(23(30)28-19)14(3)27-22-9-15(5-6-26-22)20-11-25-12-29(20)4/h5-14H,1-4H3,(H,26,27)(H,28,30)/t14-/m0/s1. The first-order valence-corrected chi connectivity index (χ1v) is 10.4. The van der Waals surface area contributed by atoms with Gasteiger partial charge >= 0.3 is 0 Å². The molecule has 3 aromatic heterocycles. The summed E-state index contributed by atoms with van der Waals surface area (Å²) in [5, 5.41) is 4.66. The Bertz CT molecular complexity index is 1290. The fraction of sp³-hybridized carbons (Fsp3) is 0.261. The molecule has 0 spiro atoms. The number of ether oxygens (including phenoxy) is 1. The molecule has 0 radical (unpaired) electrons. The van der Waals surface area contributed by atoms with Crippen LogP contribution in [-0.4, -0.2) is 25.6 Å². The smallest absolute Gasteiger partial charge is 0.253 e. The van der Waals surface area contributed by atoms with Crippen LogP contribution in [0.5, 0.6) is 5.75 Å². The van der Waals surface area contributed by atoms with Crippen LogP contribution in [0.2, 0.25) is 5.02 Å². The van der Waals surface area contributed by atoms with Gasteiger partial charge in [-0.3, -0.25) is 4.79 Å². The predicted molar refractivity (Wildman–Crippen MR) is 124 cm³/mol. The molecule has 4 aromatic rings. The Kier molecular flexibility index (Phi) is 5.69. The number of aryl methyl sites for hydroxylation is 1. The molecule has 0 unspecified atom stereocenters. The zero-order chi connectivity index (χ0) is 22.1. The van der Waals surface area contributed by atoms with E-state index in [1.165, 1.54) is 0 Å². The zero-order valence-electron chi connectivity index (χ0n) is 17.8. The number of aromatic nitrogens is 4. The number of hydrogen-bond acceptors (Lipinski definition) is 5. The second-order valence-corrected chi connectivity index (χ2v) is 8.18. The number of nitrogens with zero attached hydrogens (tertiary/aromatic N) is 3. The highest BCUT2D eigenvalue weighted by Crippen LogP contribution is 2.31. The van der Waals surface area contributed by atoms with Crippen LogP contribution in [0.25, 0.3) is 22.2 Å². The summed E-state index contributed by atoms with van der Waals surface area (Å²) >= 11 is 6.38. The topological polar surface area (TPSA) is 84.8 Å². The van der Waals surface area contributed by atoms with Gasteiger partial charge in [-0.1, -0.05) is 11.6 Å². The summed E-state index contributed by atoms with van der Waals surface area (Å²) in [6, 6.07) is 9.01. The molecule has 4 rings (SSSR count). The molecule has 0 saturated heterocycles. The SMILES string of the molecule is CC(C)Oc1cc2[nH]c(=O)c([C@H](C)Nc3cc(-c4cncn4C)ccn3)cc2cc1Cl. The van der Waals surface area contributed by atoms with Crippen LogP contribution in [0.15, 0.2) is 53.8 Å². The molecule has 0 aliphatic heterocycles. The summed E-state index contributed by atoms with van der Waals surface area (Å²) in [6.45, 7) is 5.78. The van der Waals surface area contributed by atoms with Crippen molar-refractivity contribution in [2.24, 2.45) is 7.05 Å². The van der Waals surface area contributed by atoms with Gasteiger partial charge in [0.25, 0.3) is 5.56 Å². The first-order valence-electron chi connectivity index (χ1n) is 10.0. The molecule has 31 heavy (non-hydrogen) atoms. The van der Waals surface area contributed by atoms with E-state index < -0.39 is 0 Å². The maximum absolute atomic E-state index is 12.8. The number of hydrogen-bond donors (Lipinski definition) is 2. The monoisotopic (exact) mass is 437 g/mol. The minimum atomic E-state index is -0.271. The van der Waals surface area contributed by atoms with E-state index in [1.807, 2.05) is 56.7 Å². The summed E-state index contributed by atoms with van der Waals surface area (Å²) in [7, 11) is 1.94. The third-order valence-electron chi connectivity index (χ3n) is 4.99. The van der Waals surface area contributed by atoms with Crippen LogP contribution in [0, 0.1) is 0 Å². The van der Waals surface area contributed by atoms with Crippen molar-refractivity contribution in [1.29, 1.82) is 0 Å². The van der Waals surface area contributed by atoms with Crippen molar-refractivity contribution in [3.8, 4) is 17.0 Å². The number of fused-ring (bicyclic) bond motifs is 1. The number of aromatic amines is 1. The number of benzene rings is 1. The highest BCUT2D eigenvalue weighted by Gasteiger charge is 2.15. The van der Waals surface area contributed by atoms with E-state index in [4.69, 9.17) is 16.3 Å². The van der Waals surface area contributed by atoms with Crippen molar-refractivity contribution in [3.05, 3.63) is 70.0 Å². The molecule has 0 saturated carbocycles. The van der Waals surface area contributed by atoms with Crippen molar-refractivity contribution >= 4 is 28.3 Å². The Morgan fingerprint density at radius 1 is 1.19 bits per heavy atom. The molecule has 160 valence electrons. The minimum Gasteiger partial charge on any atom is -0.489 e. The van der Waals surface area contributed by atoms with Crippen molar-refractivity contribution in [3.63, 3.8) is 0 Å². The lowest BCUT2D eigenvalue weighted by Gasteiger charge is -2.16. The van der Waals surface area contributed by atoms with Gasteiger partial charge in [0.15, 0.2) is 0 Å². The average molecular weight is 438 g/mol. The minimum absolute atomic E-state index is 0.0141. The third kappa shape index (κ3) is 4.41. The maximum atomic E-state index is 12.8. The Balaban J connectivity index is 1.63. The summed E-state index contributed by atoms with van der Waals surface area (Å²) in [6.07, 6.45) is 5.28. The molecule has 3 heterocycles. The first-order chi connectivity index (χ1) is 14.8. The number of pyridine rings is 2. The molecule has 8 heteroatoms. The van der Waals surface area contributed by atoms with Gasteiger partial charge in [-0.15, -0.1) is 0 Å². The molecule has 1 aromatic carbocycles. The van der Waals surface area contributed by atoms with E-state index in [2.05, 4.69) is 20.3 Å². The highest BCUT2D eigenvalue weighted by molar-refractivity contribution is 6.32.